The monoisotopic (exact) mass is 319 g/mol. The van der Waals surface area contributed by atoms with Crippen molar-refractivity contribution < 1.29 is 0 Å². The minimum atomic E-state index is 0.176. The van der Waals surface area contributed by atoms with Gasteiger partial charge in [0.2, 0.25) is 0 Å². The molecule has 0 saturated heterocycles. The molecule has 0 aliphatic rings. The molecule has 0 bridgehead atoms. The van der Waals surface area contributed by atoms with Crippen LogP contribution in [-0.4, -0.2) is 12.0 Å². The van der Waals surface area contributed by atoms with Crippen LogP contribution in [0.3, 0.4) is 0 Å². The lowest BCUT2D eigenvalue weighted by Crippen LogP contribution is -2.21. The van der Waals surface area contributed by atoms with Gasteiger partial charge in [-0.2, -0.15) is 0 Å². The fourth-order valence-corrected chi connectivity index (χ4v) is 2.51. The summed E-state index contributed by atoms with van der Waals surface area (Å²) >= 11 is 3.45. The van der Waals surface area contributed by atoms with Crippen LogP contribution in [0.5, 0.6) is 0 Å². The highest BCUT2D eigenvalue weighted by Crippen LogP contribution is 2.25. The molecule has 0 spiro atoms. The normalized spacial score (nSPS) is 12.4. The number of pyridine rings is 1. The lowest BCUT2D eigenvalue weighted by molar-refractivity contribution is 0.589. The van der Waals surface area contributed by atoms with E-state index in [1.165, 1.54) is 11.1 Å². The van der Waals surface area contributed by atoms with E-state index in [-0.39, 0.29) is 6.04 Å². The quantitative estimate of drug-likeness (QED) is 0.909. The molecule has 19 heavy (non-hydrogen) atoms. The van der Waals surface area contributed by atoms with Crippen LogP contribution in [0, 0.1) is 6.92 Å². The molecule has 1 heterocycles. The lowest BCUT2D eigenvalue weighted by Gasteiger charge is -2.20. The van der Waals surface area contributed by atoms with Gasteiger partial charge in [-0.05, 0) is 49.7 Å². The van der Waals surface area contributed by atoms with Crippen molar-refractivity contribution in [2.45, 2.75) is 19.4 Å². The van der Waals surface area contributed by atoms with Crippen molar-refractivity contribution in [3.05, 3.63) is 57.7 Å². The number of nitrogens with two attached hydrogens (primary N) is 1. The van der Waals surface area contributed by atoms with Crippen LogP contribution in [0.1, 0.15) is 22.7 Å². The molecule has 3 N–H and O–H groups in total. The number of likely N-dealkylation sites (N-methyl/N-ethyl adjacent to an activating group) is 1. The molecule has 0 radical (unpaired) electrons. The predicted octanol–water partition coefficient (Wildman–Crippen LogP) is 3.24. The summed E-state index contributed by atoms with van der Waals surface area (Å²) in [6, 6.07) is 10.5. The molecular weight excluding hydrogens is 302 g/mol. The number of halogens is 1. The number of nitrogen functional groups attached to an aromatic ring is 1. The highest BCUT2D eigenvalue weighted by molar-refractivity contribution is 9.10. The van der Waals surface area contributed by atoms with Crippen molar-refractivity contribution >= 4 is 21.7 Å². The Bertz CT molecular complexity index is 532. The van der Waals surface area contributed by atoms with Crippen molar-refractivity contribution in [2.24, 2.45) is 0 Å². The molecule has 0 saturated carbocycles. The third kappa shape index (κ3) is 3.33. The number of aryl methyl sites for hydroxylation is 1. The highest BCUT2D eigenvalue weighted by Gasteiger charge is 2.16. The zero-order chi connectivity index (χ0) is 13.8. The second-order valence-corrected chi connectivity index (χ2v) is 5.51. The van der Waals surface area contributed by atoms with Crippen molar-refractivity contribution in [3.8, 4) is 0 Å². The molecule has 1 aromatic carbocycles. The summed E-state index contributed by atoms with van der Waals surface area (Å²) < 4.78 is 1.09. The van der Waals surface area contributed by atoms with Crippen LogP contribution < -0.4 is 11.1 Å². The first kappa shape index (κ1) is 14.0. The molecule has 1 atom stereocenters. The van der Waals surface area contributed by atoms with Gasteiger partial charge >= 0.3 is 0 Å². The van der Waals surface area contributed by atoms with E-state index in [1.807, 2.05) is 13.1 Å². The zero-order valence-electron chi connectivity index (χ0n) is 11.2. The van der Waals surface area contributed by atoms with E-state index in [4.69, 9.17) is 5.73 Å². The number of anilines is 1. The fraction of sp³-hybridized carbons (Fsp3) is 0.267. The maximum atomic E-state index is 6.02. The van der Waals surface area contributed by atoms with Gasteiger partial charge in [-0.15, -0.1) is 0 Å². The Kier molecular flexibility index (Phi) is 4.56. The van der Waals surface area contributed by atoms with E-state index in [9.17, 15) is 0 Å². The van der Waals surface area contributed by atoms with Gasteiger partial charge in [0, 0.05) is 22.3 Å². The molecule has 0 aliphatic carbocycles. The predicted molar refractivity (Wildman–Crippen MR) is 83.0 cm³/mol. The van der Waals surface area contributed by atoms with Crippen molar-refractivity contribution in [1.29, 1.82) is 0 Å². The van der Waals surface area contributed by atoms with Crippen molar-refractivity contribution in [1.82, 2.24) is 10.3 Å². The number of hydrogen-bond acceptors (Lipinski definition) is 3. The number of nitrogens with one attached hydrogen (secondary N) is 1. The van der Waals surface area contributed by atoms with E-state index in [1.54, 1.807) is 6.20 Å². The van der Waals surface area contributed by atoms with Crippen molar-refractivity contribution in [3.63, 3.8) is 0 Å². The fourth-order valence-electron chi connectivity index (χ4n) is 2.25. The molecule has 2 rings (SSSR count). The number of hydrogen-bond donors (Lipinski definition) is 2. The third-order valence-electron chi connectivity index (χ3n) is 3.29. The van der Waals surface area contributed by atoms with Crippen LogP contribution >= 0.6 is 15.9 Å². The Morgan fingerprint density at radius 1 is 1.26 bits per heavy atom. The second kappa shape index (κ2) is 6.17. The summed E-state index contributed by atoms with van der Waals surface area (Å²) in [7, 11) is 1.95. The maximum Gasteiger partial charge on any atom is 0.128 e. The SMILES string of the molecule is CNC(Cc1ccc(Br)cc1)c1c(C)ccnc1N. The molecule has 2 aromatic rings. The van der Waals surface area contributed by atoms with Gasteiger partial charge in [0.1, 0.15) is 5.82 Å². The van der Waals surface area contributed by atoms with Gasteiger partial charge in [-0.1, -0.05) is 28.1 Å². The molecule has 0 amide bonds. The minimum Gasteiger partial charge on any atom is -0.383 e. The summed E-state index contributed by atoms with van der Waals surface area (Å²) in [6.07, 6.45) is 2.64. The minimum absolute atomic E-state index is 0.176. The molecule has 100 valence electrons. The van der Waals surface area contributed by atoms with Gasteiger partial charge < -0.3 is 11.1 Å². The molecule has 0 fully saturated rings. The number of nitrogens with zero attached hydrogens (tertiary/aromatic N) is 1. The Morgan fingerprint density at radius 2 is 1.95 bits per heavy atom. The zero-order valence-corrected chi connectivity index (χ0v) is 12.7. The van der Waals surface area contributed by atoms with Gasteiger partial charge in [0.15, 0.2) is 0 Å². The largest absolute Gasteiger partial charge is 0.383 e. The van der Waals surface area contributed by atoms with E-state index < -0.39 is 0 Å². The topological polar surface area (TPSA) is 50.9 Å². The highest BCUT2D eigenvalue weighted by atomic mass is 79.9. The standard InChI is InChI=1S/C15H18BrN3/c1-10-7-8-19-15(17)14(10)13(18-2)9-11-3-5-12(16)6-4-11/h3-8,13,18H,9H2,1-2H3,(H2,17,19). The van der Waals surface area contributed by atoms with Crippen LogP contribution in [0.25, 0.3) is 0 Å². The van der Waals surface area contributed by atoms with Crippen LogP contribution in [0.4, 0.5) is 5.82 Å². The van der Waals surface area contributed by atoms with Gasteiger partial charge in [-0.25, -0.2) is 4.98 Å². The first-order chi connectivity index (χ1) is 9.11. The van der Waals surface area contributed by atoms with Gasteiger partial charge in [0.25, 0.3) is 0 Å². The van der Waals surface area contributed by atoms with Gasteiger partial charge in [-0.3, -0.25) is 0 Å². The van der Waals surface area contributed by atoms with Crippen LogP contribution in [0.2, 0.25) is 0 Å². The van der Waals surface area contributed by atoms with E-state index in [0.717, 1.165) is 16.5 Å². The maximum absolute atomic E-state index is 6.02. The summed E-state index contributed by atoms with van der Waals surface area (Å²) in [6.45, 7) is 2.07. The molecule has 3 nitrogen and oxygen atoms in total. The molecular formula is C15H18BrN3. The summed E-state index contributed by atoms with van der Waals surface area (Å²) in [4.78, 5) is 4.19. The van der Waals surface area contributed by atoms with Crippen LogP contribution in [0.15, 0.2) is 41.0 Å². The molecule has 4 heteroatoms. The number of benzene rings is 1. The summed E-state index contributed by atoms with van der Waals surface area (Å²) in [5, 5.41) is 3.33. The Morgan fingerprint density at radius 3 is 2.53 bits per heavy atom. The van der Waals surface area contributed by atoms with Crippen LogP contribution in [-0.2, 0) is 6.42 Å². The van der Waals surface area contributed by atoms with E-state index in [0.29, 0.717) is 5.82 Å². The lowest BCUT2D eigenvalue weighted by atomic mass is 9.96. The Balaban J connectivity index is 2.27. The molecule has 1 aromatic heterocycles. The number of rotatable bonds is 4. The summed E-state index contributed by atoms with van der Waals surface area (Å²) in [5.41, 5.74) is 9.55. The number of aromatic nitrogens is 1. The van der Waals surface area contributed by atoms with E-state index in [2.05, 4.69) is 57.4 Å². The smallest absolute Gasteiger partial charge is 0.128 e. The first-order valence-corrected chi connectivity index (χ1v) is 7.03. The summed E-state index contributed by atoms with van der Waals surface area (Å²) in [5.74, 6) is 0.608. The Labute approximate surface area is 122 Å². The van der Waals surface area contributed by atoms with Gasteiger partial charge in [0.05, 0.1) is 0 Å². The average Bonchev–Trinajstić information content (AvgIpc) is 2.39. The molecule has 1 unspecified atom stereocenters. The second-order valence-electron chi connectivity index (χ2n) is 4.60. The van der Waals surface area contributed by atoms with Crippen molar-refractivity contribution in [2.75, 3.05) is 12.8 Å². The molecule has 0 aliphatic heterocycles. The Hall–Kier alpha value is -1.39. The van der Waals surface area contributed by atoms with E-state index >= 15 is 0 Å². The third-order valence-corrected chi connectivity index (χ3v) is 3.82. The first-order valence-electron chi connectivity index (χ1n) is 6.24. The average molecular weight is 320 g/mol.